The summed E-state index contributed by atoms with van der Waals surface area (Å²) in [5.74, 6) is -4.35. The van der Waals surface area contributed by atoms with E-state index in [1.54, 1.807) is 11.0 Å². The van der Waals surface area contributed by atoms with Crippen molar-refractivity contribution in [3.05, 3.63) is 77.3 Å². The molecule has 1 saturated heterocycles. The summed E-state index contributed by atoms with van der Waals surface area (Å²) in [6.45, 7) is 1.05. The second kappa shape index (κ2) is 9.28. The van der Waals surface area contributed by atoms with Crippen LogP contribution in [0.25, 0.3) is 0 Å². The van der Waals surface area contributed by atoms with Crippen molar-refractivity contribution in [3.8, 4) is 6.07 Å². The highest BCUT2D eigenvalue weighted by Gasteiger charge is 2.25. The van der Waals surface area contributed by atoms with Crippen molar-refractivity contribution in [2.24, 2.45) is 5.92 Å². The molecule has 0 aromatic heterocycles. The lowest BCUT2D eigenvalue weighted by Crippen LogP contribution is -2.39. The van der Waals surface area contributed by atoms with Gasteiger partial charge >= 0.3 is 0 Å². The highest BCUT2D eigenvalue weighted by molar-refractivity contribution is 5.97. The third kappa shape index (κ3) is 4.96. The zero-order valence-corrected chi connectivity index (χ0v) is 15.7. The van der Waals surface area contributed by atoms with Gasteiger partial charge in [-0.05, 0) is 42.9 Å². The minimum Gasteiger partial charge on any atom is -0.358 e. The summed E-state index contributed by atoms with van der Waals surface area (Å²) in [6.07, 6.45) is 3.62. The Bertz CT molecular complexity index is 946. The van der Waals surface area contributed by atoms with Crippen LogP contribution < -0.4 is 5.32 Å². The Morgan fingerprint density at radius 2 is 1.79 bits per heavy atom. The first-order valence-electron chi connectivity index (χ1n) is 9.33. The molecule has 29 heavy (non-hydrogen) atoms. The van der Waals surface area contributed by atoms with Gasteiger partial charge in [0, 0.05) is 19.3 Å². The predicted molar refractivity (Wildman–Crippen MR) is 103 cm³/mol. The molecule has 1 N–H and O–H groups in total. The zero-order chi connectivity index (χ0) is 20.8. The molecule has 0 atom stereocenters. The third-order valence-electron chi connectivity index (χ3n) is 5.03. The summed E-state index contributed by atoms with van der Waals surface area (Å²) in [5.41, 5.74) is 0.675. The second-order valence-corrected chi connectivity index (χ2v) is 6.96. The van der Waals surface area contributed by atoms with Crippen LogP contribution in [0.2, 0.25) is 0 Å². The smallest absolute Gasteiger partial charge is 0.266 e. The van der Waals surface area contributed by atoms with Crippen LogP contribution in [-0.2, 0) is 11.2 Å². The first-order chi connectivity index (χ1) is 14.0. The number of nitrogens with one attached hydrogen (secondary N) is 1. The molecular formula is C22H20F3N3O. The lowest BCUT2D eigenvalue weighted by atomic mass is 9.90. The number of piperidine rings is 1. The molecule has 150 valence electrons. The van der Waals surface area contributed by atoms with Crippen molar-refractivity contribution in [2.45, 2.75) is 19.3 Å². The molecule has 1 aliphatic heterocycles. The van der Waals surface area contributed by atoms with Gasteiger partial charge in [-0.25, -0.2) is 13.2 Å². The van der Waals surface area contributed by atoms with E-state index in [-0.39, 0.29) is 11.3 Å². The number of anilines is 1. The van der Waals surface area contributed by atoms with E-state index in [0.717, 1.165) is 37.6 Å². The summed E-state index contributed by atoms with van der Waals surface area (Å²) in [4.78, 5) is 14.2. The minimum absolute atomic E-state index is 0.226. The van der Waals surface area contributed by atoms with Gasteiger partial charge in [-0.15, -0.1) is 0 Å². The molecule has 2 aromatic rings. The Morgan fingerprint density at radius 1 is 1.10 bits per heavy atom. The molecule has 0 spiro atoms. The fraction of sp³-hybridized carbons (Fsp3) is 0.273. The number of benzene rings is 2. The monoisotopic (exact) mass is 399 g/mol. The van der Waals surface area contributed by atoms with Crippen LogP contribution in [0.3, 0.4) is 0 Å². The molecule has 3 rings (SSSR count). The number of amides is 1. The molecule has 1 amide bonds. The Balaban J connectivity index is 1.60. The lowest BCUT2D eigenvalue weighted by Gasteiger charge is -2.32. The third-order valence-corrected chi connectivity index (χ3v) is 5.03. The molecule has 0 aliphatic carbocycles. The van der Waals surface area contributed by atoms with Crippen molar-refractivity contribution in [1.29, 1.82) is 5.26 Å². The zero-order valence-electron chi connectivity index (χ0n) is 15.7. The highest BCUT2D eigenvalue weighted by atomic mass is 19.2. The Kier molecular flexibility index (Phi) is 6.55. The van der Waals surface area contributed by atoms with Crippen LogP contribution in [0.15, 0.2) is 54.2 Å². The SMILES string of the molecule is N#C/C(=C/Nc1ccc(F)c(F)c1F)C(=O)N1CCC(Cc2ccccc2)CC1. The fourth-order valence-electron chi connectivity index (χ4n) is 3.39. The van der Waals surface area contributed by atoms with Crippen molar-refractivity contribution in [1.82, 2.24) is 4.90 Å². The first-order valence-corrected chi connectivity index (χ1v) is 9.33. The van der Waals surface area contributed by atoms with Gasteiger partial charge in [0.1, 0.15) is 11.6 Å². The van der Waals surface area contributed by atoms with E-state index in [2.05, 4.69) is 17.4 Å². The van der Waals surface area contributed by atoms with E-state index in [9.17, 15) is 23.2 Å². The van der Waals surface area contributed by atoms with E-state index in [0.29, 0.717) is 19.0 Å². The normalized spacial score (nSPS) is 15.1. The summed E-state index contributed by atoms with van der Waals surface area (Å²) in [7, 11) is 0. The molecule has 0 radical (unpaired) electrons. The van der Waals surface area contributed by atoms with Gasteiger partial charge in [-0.2, -0.15) is 5.26 Å². The number of nitrogens with zero attached hydrogens (tertiary/aromatic N) is 2. The van der Waals surface area contributed by atoms with Gasteiger partial charge in [0.2, 0.25) is 0 Å². The molecule has 1 fully saturated rings. The van der Waals surface area contributed by atoms with Crippen LogP contribution in [0.1, 0.15) is 18.4 Å². The molecule has 7 heteroatoms. The van der Waals surface area contributed by atoms with E-state index in [4.69, 9.17) is 0 Å². The molecule has 0 bridgehead atoms. The van der Waals surface area contributed by atoms with Crippen LogP contribution in [0.5, 0.6) is 0 Å². The van der Waals surface area contributed by atoms with Crippen molar-refractivity contribution >= 4 is 11.6 Å². The van der Waals surface area contributed by atoms with Crippen LogP contribution in [0.4, 0.5) is 18.9 Å². The van der Waals surface area contributed by atoms with Gasteiger partial charge < -0.3 is 10.2 Å². The number of hydrogen-bond acceptors (Lipinski definition) is 3. The highest BCUT2D eigenvalue weighted by Crippen LogP contribution is 2.23. The van der Waals surface area contributed by atoms with Crippen LogP contribution >= 0.6 is 0 Å². The topological polar surface area (TPSA) is 56.1 Å². The van der Waals surface area contributed by atoms with Gasteiger partial charge in [-0.1, -0.05) is 30.3 Å². The number of carbonyl (C=O) groups excluding carboxylic acids is 1. The number of rotatable bonds is 5. The number of nitriles is 1. The van der Waals surface area contributed by atoms with E-state index < -0.39 is 23.4 Å². The van der Waals surface area contributed by atoms with Crippen molar-refractivity contribution in [3.63, 3.8) is 0 Å². The van der Waals surface area contributed by atoms with Crippen LogP contribution in [-0.4, -0.2) is 23.9 Å². The number of hydrogen-bond donors (Lipinski definition) is 1. The maximum Gasteiger partial charge on any atom is 0.266 e. The van der Waals surface area contributed by atoms with Gasteiger partial charge in [0.05, 0.1) is 5.69 Å². The molecule has 0 saturated carbocycles. The van der Waals surface area contributed by atoms with Crippen molar-refractivity contribution in [2.75, 3.05) is 18.4 Å². The fourth-order valence-corrected chi connectivity index (χ4v) is 3.39. The number of carbonyl (C=O) groups is 1. The lowest BCUT2D eigenvalue weighted by molar-refractivity contribution is -0.128. The predicted octanol–water partition coefficient (Wildman–Crippen LogP) is 4.40. The Hall–Kier alpha value is -3.27. The summed E-state index contributed by atoms with van der Waals surface area (Å²) in [5, 5.41) is 11.7. The number of likely N-dealkylation sites (tertiary alicyclic amines) is 1. The average Bonchev–Trinajstić information content (AvgIpc) is 2.75. The standard InChI is InChI=1S/C22H20F3N3O/c23-18-6-7-19(21(25)20(18)24)27-14-17(13-26)22(29)28-10-8-16(9-11-28)12-15-4-2-1-3-5-15/h1-7,14,16,27H,8-12H2/b17-14-. The Labute approximate surface area is 167 Å². The second-order valence-electron chi connectivity index (χ2n) is 6.96. The van der Waals surface area contributed by atoms with Crippen molar-refractivity contribution < 1.29 is 18.0 Å². The first kappa shape index (κ1) is 20.5. The largest absolute Gasteiger partial charge is 0.358 e. The molecular weight excluding hydrogens is 379 g/mol. The number of halogens is 3. The minimum atomic E-state index is -1.62. The maximum absolute atomic E-state index is 13.7. The molecule has 1 aliphatic rings. The molecule has 4 nitrogen and oxygen atoms in total. The Morgan fingerprint density at radius 3 is 2.45 bits per heavy atom. The van der Waals surface area contributed by atoms with E-state index >= 15 is 0 Å². The quantitative estimate of drug-likeness (QED) is 0.461. The molecule has 0 unspecified atom stereocenters. The van der Waals surface area contributed by atoms with Gasteiger partial charge in [-0.3, -0.25) is 4.79 Å². The maximum atomic E-state index is 13.7. The molecule has 1 heterocycles. The summed E-state index contributed by atoms with van der Waals surface area (Å²) < 4.78 is 40.0. The molecule has 2 aromatic carbocycles. The summed E-state index contributed by atoms with van der Waals surface area (Å²) >= 11 is 0. The van der Waals surface area contributed by atoms with Gasteiger partial charge in [0.25, 0.3) is 5.91 Å². The van der Waals surface area contributed by atoms with E-state index in [1.807, 2.05) is 18.2 Å². The van der Waals surface area contributed by atoms with Crippen LogP contribution in [0, 0.1) is 34.7 Å². The van der Waals surface area contributed by atoms with E-state index in [1.165, 1.54) is 5.56 Å². The van der Waals surface area contributed by atoms with Gasteiger partial charge in [0.15, 0.2) is 17.5 Å². The summed E-state index contributed by atoms with van der Waals surface area (Å²) in [6, 6.07) is 13.7. The average molecular weight is 399 g/mol.